The Kier molecular flexibility index (Phi) is 7.22. The van der Waals surface area contributed by atoms with Crippen LogP contribution in [0.25, 0.3) is 17.0 Å². The SMILES string of the molecule is COC(=O)c1[nH]c2cccc(C)c2c1NC(=O)CN1CCN(C/C=C/c2ccccc2)CC1. The van der Waals surface area contributed by atoms with Crippen LogP contribution in [-0.2, 0) is 9.53 Å². The second-order valence-electron chi connectivity index (χ2n) is 8.30. The lowest BCUT2D eigenvalue weighted by Gasteiger charge is -2.33. The lowest BCUT2D eigenvalue weighted by atomic mass is 10.1. The van der Waals surface area contributed by atoms with Crippen LogP contribution in [0.1, 0.15) is 21.6 Å². The largest absolute Gasteiger partial charge is 0.464 e. The minimum absolute atomic E-state index is 0.137. The number of carbonyl (C=O) groups is 2. The molecule has 7 nitrogen and oxygen atoms in total. The molecule has 0 aliphatic carbocycles. The smallest absolute Gasteiger partial charge is 0.356 e. The van der Waals surface area contributed by atoms with E-state index in [0.29, 0.717) is 5.69 Å². The van der Waals surface area contributed by atoms with Gasteiger partial charge in [-0.2, -0.15) is 0 Å². The fourth-order valence-electron chi connectivity index (χ4n) is 4.22. The molecule has 2 heterocycles. The van der Waals surface area contributed by atoms with Gasteiger partial charge in [0.15, 0.2) is 0 Å². The van der Waals surface area contributed by atoms with Gasteiger partial charge in [0.05, 0.1) is 19.3 Å². The number of piperazine rings is 1. The number of H-pyrrole nitrogens is 1. The van der Waals surface area contributed by atoms with Gasteiger partial charge in [-0.15, -0.1) is 0 Å². The second-order valence-corrected chi connectivity index (χ2v) is 8.30. The van der Waals surface area contributed by atoms with E-state index < -0.39 is 5.97 Å². The van der Waals surface area contributed by atoms with Crippen LogP contribution in [-0.4, -0.2) is 73.0 Å². The number of methoxy groups -OCH3 is 1. The number of esters is 1. The zero-order valence-corrected chi connectivity index (χ0v) is 19.1. The summed E-state index contributed by atoms with van der Waals surface area (Å²) in [7, 11) is 1.33. The Morgan fingerprint density at radius 1 is 1.03 bits per heavy atom. The van der Waals surface area contributed by atoms with Gasteiger partial charge in [-0.1, -0.05) is 54.6 Å². The molecule has 0 saturated carbocycles. The first-order valence-corrected chi connectivity index (χ1v) is 11.2. The Bertz CT molecular complexity index is 1150. The number of amides is 1. The maximum absolute atomic E-state index is 12.9. The van der Waals surface area contributed by atoms with Crippen molar-refractivity contribution in [1.82, 2.24) is 14.8 Å². The third-order valence-corrected chi connectivity index (χ3v) is 5.99. The fraction of sp³-hybridized carbons (Fsp3) is 0.308. The summed E-state index contributed by atoms with van der Waals surface area (Å²) >= 11 is 0. The number of nitrogens with one attached hydrogen (secondary N) is 2. The average Bonchev–Trinajstić information content (AvgIpc) is 3.20. The summed E-state index contributed by atoms with van der Waals surface area (Å²) in [6, 6.07) is 16.0. The highest BCUT2D eigenvalue weighted by molar-refractivity contribution is 6.12. The van der Waals surface area contributed by atoms with E-state index in [9.17, 15) is 9.59 Å². The van der Waals surface area contributed by atoms with Crippen LogP contribution in [0.2, 0.25) is 0 Å². The number of benzene rings is 2. The Hall–Kier alpha value is -3.42. The number of anilines is 1. The molecule has 1 saturated heterocycles. The van der Waals surface area contributed by atoms with Crippen molar-refractivity contribution < 1.29 is 14.3 Å². The van der Waals surface area contributed by atoms with Crippen molar-refractivity contribution in [3.8, 4) is 0 Å². The zero-order chi connectivity index (χ0) is 23.2. The summed E-state index contributed by atoms with van der Waals surface area (Å²) in [6.07, 6.45) is 4.33. The van der Waals surface area contributed by atoms with Gasteiger partial charge < -0.3 is 15.0 Å². The topological polar surface area (TPSA) is 77.7 Å². The first-order valence-electron chi connectivity index (χ1n) is 11.2. The second kappa shape index (κ2) is 10.5. The third-order valence-electron chi connectivity index (χ3n) is 5.99. The van der Waals surface area contributed by atoms with E-state index in [1.165, 1.54) is 12.7 Å². The highest BCUT2D eigenvalue weighted by Crippen LogP contribution is 2.31. The van der Waals surface area contributed by atoms with E-state index >= 15 is 0 Å². The van der Waals surface area contributed by atoms with E-state index in [0.717, 1.165) is 49.2 Å². The van der Waals surface area contributed by atoms with Crippen molar-refractivity contribution in [1.29, 1.82) is 0 Å². The number of carbonyl (C=O) groups excluding carboxylic acids is 2. The Balaban J connectivity index is 1.33. The average molecular weight is 447 g/mol. The summed E-state index contributed by atoms with van der Waals surface area (Å²) in [6.45, 7) is 6.60. The van der Waals surface area contributed by atoms with Crippen molar-refractivity contribution in [3.05, 3.63) is 71.4 Å². The number of fused-ring (bicyclic) bond motifs is 1. The van der Waals surface area contributed by atoms with Gasteiger partial charge in [-0.25, -0.2) is 4.79 Å². The highest BCUT2D eigenvalue weighted by Gasteiger charge is 2.23. The third kappa shape index (κ3) is 5.50. The lowest BCUT2D eigenvalue weighted by Crippen LogP contribution is -2.48. The van der Waals surface area contributed by atoms with E-state index in [-0.39, 0.29) is 18.1 Å². The van der Waals surface area contributed by atoms with Crippen LogP contribution in [0.5, 0.6) is 0 Å². The fourth-order valence-corrected chi connectivity index (χ4v) is 4.22. The van der Waals surface area contributed by atoms with Crippen LogP contribution in [0.15, 0.2) is 54.6 Å². The predicted molar refractivity (Wildman–Crippen MR) is 131 cm³/mol. The molecule has 33 heavy (non-hydrogen) atoms. The Labute approximate surface area is 194 Å². The molecule has 2 aromatic carbocycles. The molecule has 0 radical (unpaired) electrons. The predicted octanol–water partition coefficient (Wildman–Crippen LogP) is 3.53. The molecule has 0 spiro atoms. The van der Waals surface area contributed by atoms with E-state index in [1.807, 2.05) is 43.3 Å². The van der Waals surface area contributed by atoms with Crippen LogP contribution in [0, 0.1) is 6.92 Å². The molecule has 0 bridgehead atoms. The normalized spacial score (nSPS) is 15.2. The Morgan fingerprint density at radius 2 is 1.76 bits per heavy atom. The van der Waals surface area contributed by atoms with Gasteiger partial charge in [-0.05, 0) is 24.1 Å². The van der Waals surface area contributed by atoms with Gasteiger partial charge in [0.25, 0.3) is 0 Å². The standard InChI is InChI=1S/C26H30N4O3/c1-19-8-6-12-21-23(19)24(25(27-21)26(32)33-2)28-22(31)18-30-16-14-29(15-17-30)13-7-11-20-9-4-3-5-10-20/h3-12,27H,13-18H2,1-2H3,(H,28,31)/b11-7+. The van der Waals surface area contributed by atoms with Crippen LogP contribution < -0.4 is 5.32 Å². The lowest BCUT2D eigenvalue weighted by molar-refractivity contribution is -0.117. The summed E-state index contributed by atoms with van der Waals surface area (Å²) in [5, 5.41) is 3.80. The number of hydrogen-bond donors (Lipinski definition) is 2. The first-order chi connectivity index (χ1) is 16.0. The molecule has 1 aliphatic rings. The molecule has 1 aliphatic heterocycles. The molecule has 7 heteroatoms. The molecule has 1 amide bonds. The monoisotopic (exact) mass is 446 g/mol. The Morgan fingerprint density at radius 3 is 2.48 bits per heavy atom. The summed E-state index contributed by atoms with van der Waals surface area (Å²) in [4.78, 5) is 32.7. The molecule has 1 fully saturated rings. The van der Waals surface area contributed by atoms with Gasteiger partial charge in [-0.3, -0.25) is 14.6 Å². The quantitative estimate of drug-likeness (QED) is 0.543. The first kappa shape index (κ1) is 22.8. The highest BCUT2D eigenvalue weighted by atomic mass is 16.5. The summed E-state index contributed by atoms with van der Waals surface area (Å²) in [5.74, 6) is -0.639. The van der Waals surface area contributed by atoms with E-state index in [4.69, 9.17) is 4.74 Å². The molecule has 1 aromatic heterocycles. The van der Waals surface area contributed by atoms with Gasteiger partial charge >= 0.3 is 5.97 Å². The van der Waals surface area contributed by atoms with Crippen LogP contribution >= 0.6 is 0 Å². The maximum atomic E-state index is 12.9. The molecular weight excluding hydrogens is 416 g/mol. The number of aromatic nitrogens is 1. The maximum Gasteiger partial charge on any atom is 0.356 e. The number of nitrogens with zero attached hydrogens (tertiary/aromatic N) is 2. The van der Waals surface area contributed by atoms with Gasteiger partial charge in [0.1, 0.15) is 5.69 Å². The number of rotatable bonds is 7. The van der Waals surface area contributed by atoms with Crippen molar-refractivity contribution >= 4 is 34.5 Å². The van der Waals surface area contributed by atoms with E-state index in [1.54, 1.807) is 0 Å². The molecule has 0 unspecified atom stereocenters. The summed E-state index contributed by atoms with van der Waals surface area (Å²) < 4.78 is 4.91. The van der Waals surface area contributed by atoms with Crippen molar-refractivity contribution in [2.24, 2.45) is 0 Å². The number of aryl methyl sites for hydroxylation is 1. The molecule has 172 valence electrons. The minimum Gasteiger partial charge on any atom is -0.464 e. The van der Waals surface area contributed by atoms with Crippen molar-refractivity contribution in [3.63, 3.8) is 0 Å². The van der Waals surface area contributed by atoms with Gasteiger partial charge in [0.2, 0.25) is 5.91 Å². The molecule has 3 aromatic rings. The zero-order valence-electron chi connectivity index (χ0n) is 19.1. The molecule has 0 atom stereocenters. The minimum atomic E-state index is -0.502. The van der Waals surface area contributed by atoms with Crippen LogP contribution in [0.4, 0.5) is 5.69 Å². The van der Waals surface area contributed by atoms with Gasteiger partial charge in [0, 0.05) is 43.6 Å². The molecular formula is C26H30N4O3. The van der Waals surface area contributed by atoms with Crippen LogP contribution in [0.3, 0.4) is 0 Å². The summed E-state index contributed by atoms with van der Waals surface area (Å²) in [5.41, 5.74) is 3.73. The number of ether oxygens (including phenoxy) is 1. The van der Waals surface area contributed by atoms with Crippen molar-refractivity contribution in [2.75, 3.05) is 51.7 Å². The molecule has 2 N–H and O–H groups in total. The van der Waals surface area contributed by atoms with Crippen molar-refractivity contribution in [2.45, 2.75) is 6.92 Å². The number of aromatic amines is 1. The number of hydrogen-bond acceptors (Lipinski definition) is 5. The van der Waals surface area contributed by atoms with E-state index in [2.05, 4.69) is 44.4 Å². The molecule has 4 rings (SSSR count).